The lowest BCUT2D eigenvalue weighted by Crippen LogP contribution is -2.07. The van der Waals surface area contributed by atoms with Gasteiger partial charge in [-0.15, -0.1) is 0 Å². The highest BCUT2D eigenvalue weighted by Gasteiger charge is 2.14. The van der Waals surface area contributed by atoms with Crippen LogP contribution in [0.2, 0.25) is 0 Å². The first-order valence-electron chi connectivity index (χ1n) is 4.25. The van der Waals surface area contributed by atoms with E-state index in [1.807, 2.05) is 6.07 Å². The van der Waals surface area contributed by atoms with Gasteiger partial charge in [-0.05, 0) is 18.2 Å². The van der Waals surface area contributed by atoms with Crippen molar-refractivity contribution in [2.45, 2.75) is 5.25 Å². The molecule has 4 N–H and O–H groups in total. The fourth-order valence-electron chi connectivity index (χ4n) is 1.33. The number of fused-ring (bicyclic) bond motifs is 1. The zero-order valence-corrected chi connectivity index (χ0v) is 8.37. The van der Waals surface area contributed by atoms with Crippen LogP contribution in [0.5, 0.6) is 0 Å². The van der Waals surface area contributed by atoms with E-state index in [-0.39, 0.29) is 5.25 Å². The van der Waals surface area contributed by atoms with Gasteiger partial charge in [-0.25, -0.2) is 0 Å². The fourth-order valence-corrected chi connectivity index (χ4v) is 1.51. The Hall–Kier alpha value is -1.20. The molecule has 1 heterocycles. The molecular formula is C9H11N3OS. The zero-order chi connectivity index (χ0) is 10.1. The Morgan fingerprint density at radius 3 is 3.00 bits per heavy atom. The molecule has 0 aliphatic carbocycles. The number of hydrogen-bond acceptors (Lipinski definition) is 5. The van der Waals surface area contributed by atoms with Crippen molar-refractivity contribution >= 4 is 29.3 Å². The highest BCUT2D eigenvalue weighted by atomic mass is 32.1. The smallest absolute Gasteiger partial charge is 0.167 e. The summed E-state index contributed by atoms with van der Waals surface area (Å²) in [6.45, 7) is 0.416. The molecular weight excluding hydrogens is 198 g/mol. The van der Waals surface area contributed by atoms with Crippen LogP contribution in [0.3, 0.4) is 0 Å². The number of rotatable bonds is 2. The minimum absolute atomic E-state index is 0.113. The van der Waals surface area contributed by atoms with E-state index in [0.29, 0.717) is 17.8 Å². The van der Waals surface area contributed by atoms with Gasteiger partial charge in [0.05, 0.1) is 5.25 Å². The molecule has 0 aliphatic heterocycles. The van der Waals surface area contributed by atoms with Gasteiger partial charge in [-0.2, -0.15) is 12.6 Å². The van der Waals surface area contributed by atoms with Crippen molar-refractivity contribution in [2.24, 2.45) is 5.73 Å². The van der Waals surface area contributed by atoms with Crippen molar-refractivity contribution < 1.29 is 4.52 Å². The molecule has 1 unspecified atom stereocenters. The molecule has 14 heavy (non-hydrogen) atoms. The molecule has 0 aliphatic rings. The SMILES string of the molecule is NCC(S)c1noc2ccc(N)cc12. The molecule has 4 nitrogen and oxygen atoms in total. The van der Waals surface area contributed by atoms with Crippen LogP contribution in [0.1, 0.15) is 10.9 Å². The van der Waals surface area contributed by atoms with Gasteiger partial charge in [-0.1, -0.05) is 5.16 Å². The van der Waals surface area contributed by atoms with Crippen LogP contribution in [0.15, 0.2) is 22.7 Å². The Labute approximate surface area is 86.6 Å². The molecule has 0 amide bonds. The molecule has 0 saturated heterocycles. The Morgan fingerprint density at radius 1 is 1.50 bits per heavy atom. The monoisotopic (exact) mass is 209 g/mol. The van der Waals surface area contributed by atoms with Crippen LogP contribution in [0.25, 0.3) is 11.0 Å². The maximum absolute atomic E-state index is 5.67. The summed E-state index contributed by atoms with van der Waals surface area (Å²) in [5.41, 5.74) is 13.3. The van der Waals surface area contributed by atoms with E-state index >= 15 is 0 Å². The van der Waals surface area contributed by atoms with Crippen molar-refractivity contribution in [2.75, 3.05) is 12.3 Å². The van der Waals surface area contributed by atoms with Crippen LogP contribution < -0.4 is 11.5 Å². The summed E-state index contributed by atoms with van der Waals surface area (Å²) >= 11 is 4.31. The number of benzene rings is 1. The number of anilines is 1. The number of nitrogens with two attached hydrogens (primary N) is 2. The van der Waals surface area contributed by atoms with Gasteiger partial charge in [0.25, 0.3) is 0 Å². The van der Waals surface area contributed by atoms with Gasteiger partial charge in [0, 0.05) is 17.6 Å². The molecule has 2 aromatic rings. The second kappa shape index (κ2) is 3.51. The lowest BCUT2D eigenvalue weighted by molar-refractivity contribution is 0.446. The average molecular weight is 209 g/mol. The largest absolute Gasteiger partial charge is 0.399 e. The number of aromatic nitrogens is 1. The van der Waals surface area contributed by atoms with Crippen LogP contribution in [-0.4, -0.2) is 11.7 Å². The van der Waals surface area contributed by atoms with E-state index in [4.69, 9.17) is 16.0 Å². The standard InChI is InChI=1S/C9H11N3OS/c10-4-8(14)9-6-3-5(11)1-2-7(6)13-12-9/h1-3,8,14H,4,10-11H2. The molecule has 2 rings (SSSR count). The van der Waals surface area contributed by atoms with E-state index in [1.54, 1.807) is 12.1 Å². The molecule has 74 valence electrons. The molecule has 0 spiro atoms. The molecule has 0 radical (unpaired) electrons. The predicted octanol–water partition coefficient (Wildman–Crippen LogP) is 1.34. The molecule has 1 atom stereocenters. The van der Waals surface area contributed by atoms with Crippen molar-refractivity contribution in [3.63, 3.8) is 0 Å². The summed E-state index contributed by atoms with van der Waals surface area (Å²) in [5, 5.41) is 4.69. The molecule has 5 heteroatoms. The number of nitrogen functional groups attached to an aromatic ring is 1. The second-order valence-corrected chi connectivity index (χ2v) is 3.70. The Kier molecular flexibility index (Phi) is 2.35. The Balaban J connectivity index is 2.61. The van der Waals surface area contributed by atoms with Gasteiger partial charge >= 0.3 is 0 Å². The van der Waals surface area contributed by atoms with E-state index in [2.05, 4.69) is 17.8 Å². The summed E-state index contributed by atoms with van der Waals surface area (Å²) in [7, 11) is 0. The number of nitrogens with zero attached hydrogens (tertiary/aromatic N) is 1. The minimum Gasteiger partial charge on any atom is -0.399 e. The highest BCUT2D eigenvalue weighted by molar-refractivity contribution is 7.80. The van der Waals surface area contributed by atoms with Gasteiger partial charge in [0.15, 0.2) is 5.58 Å². The summed E-state index contributed by atoms with van der Waals surface area (Å²) in [4.78, 5) is 0. The summed E-state index contributed by atoms with van der Waals surface area (Å²) in [6, 6.07) is 5.38. The number of hydrogen-bond donors (Lipinski definition) is 3. The van der Waals surface area contributed by atoms with E-state index in [9.17, 15) is 0 Å². The normalized spacial score (nSPS) is 13.3. The highest BCUT2D eigenvalue weighted by Crippen LogP contribution is 2.27. The maximum Gasteiger partial charge on any atom is 0.167 e. The molecule has 0 saturated carbocycles. The van der Waals surface area contributed by atoms with Gasteiger partial charge in [0.2, 0.25) is 0 Å². The lowest BCUT2D eigenvalue weighted by atomic mass is 10.1. The quantitative estimate of drug-likeness (QED) is 0.515. The molecule has 0 fully saturated rings. The van der Waals surface area contributed by atoms with E-state index < -0.39 is 0 Å². The van der Waals surface area contributed by atoms with Crippen LogP contribution in [0.4, 0.5) is 5.69 Å². The van der Waals surface area contributed by atoms with Crippen LogP contribution in [0, 0.1) is 0 Å². The summed E-state index contributed by atoms with van der Waals surface area (Å²) in [6.07, 6.45) is 0. The molecule has 1 aromatic heterocycles. The average Bonchev–Trinajstić information content (AvgIpc) is 2.59. The van der Waals surface area contributed by atoms with Gasteiger partial charge in [-0.3, -0.25) is 0 Å². The first-order valence-corrected chi connectivity index (χ1v) is 4.77. The third kappa shape index (κ3) is 1.44. The van der Waals surface area contributed by atoms with E-state index in [1.165, 1.54) is 0 Å². The van der Waals surface area contributed by atoms with Crippen molar-refractivity contribution in [3.05, 3.63) is 23.9 Å². The lowest BCUT2D eigenvalue weighted by Gasteiger charge is -2.02. The van der Waals surface area contributed by atoms with Crippen molar-refractivity contribution in [1.29, 1.82) is 0 Å². The van der Waals surface area contributed by atoms with Gasteiger partial charge in [0.1, 0.15) is 5.69 Å². The van der Waals surface area contributed by atoms with Crippen LogP contribution in [-0.2, 0) is 0 Å². The third-order valence-electron chi connectivity index (χ3n) is 2.06. The third-order valence-corrected chi connectivity index (χ3v) is 2.52. The van der Waals surface area contributed by atoms with E-state index in [0.717, 1.165) is 11.1 Å². The Morgan fingerprint density at radius 2 is 2.29 bits per heavy atom. The molecule has 1 aromatic carbocycles. The van der Waals surface area contributed by atoms with Crippen LogP contribution >= 0.6 is 12.6 Å². The number of thiol groups is 1. The summed E-state index contributed by atoms with van der Waals surface area (Å²) in [5.74, 6) is 0. The first kappa shape index (κ1) is 9.36. The summed E-state index contributed by atoms with van der Waals surface area (Å²) < 4.78 is 5.12. The van der Waals surface area contributed by atoms with Gasteiger partial charge < -0.3 is 16.0 Å². The second-order valence-electron chi connectivity index (χ2n) is 3.07. The minimum atomic E-state index is -0.113. The predicted molar refractivity (Wildman–Crippen MR) is 59.2 cm³/mol. The first-order chi connectivity index (χ1) is 6.72. The maximum atomic E-state index is 5.67. The molecule has 0 bridgehead atoms. The van der Waals surface area contributed by atoms with Crippen molar-refractivity contribution in [3.8, 4) is 0 Å². The Bertz CT molecular complexity index is 454. The topological polar surface area (TPSA) is 78.1 Å². The van der Waals surface area contributed by atoms with Crippen molar-refractivity contribution in [1.82, 2.24) is 5.16 Å². The fraction of sp³-hybridized carbons (Fsp3) is 0.222. The zero-order valence-electron chi connectivity index (χ0n) is 7.47.